The number of carbonyl (C=O) groups excluding carboxylic acids is 2. The fourth-order valence-electron chi connectivity index (χ4n) is 22.8. The Morgan fingerprint density at radius 3 is 1.56 bits per heavy atom. The lowest BCUT2D eigenvalue weighted by Crippen LogP contribution is -2.73. The summed E-state index contributed by atoms with van der Waals surface area (Å²) in [5, 5.41) is 269. The van der Waals surface area contributed by atoms with Crippen LogP contribution in [0.1, 0.15) is 133 Å². The molecule has 48 atom stereocenters. The van der Waals surface area contributed by atoms with Gasteiger partial charge in [0.25, 0.3) is 0 Å². The Morgan fingerprint density at radius 1 is 0.472 bits per heavy atom. The van der Waals surface area contributed by atoms with Crippen LogP contribution in [0.3, 0.4) is 0 Å². The van der Waals surface area contributed by atoms with Gasteiger partial charge in [0.05, 0.1) is 82.7 Å². The van der Waals surface area contributed by atoms with Crippen molar-refractivity contribution in [2.45, 2.75) is 378 Å². The molecule has 0 aromatic carbocycles. The van der Waals surface area contributed by atoms with Crippen LogP contribution in [0.15, 0.2) is 24.3 Å². The molecule has 13 rings (SSSR count). The Kier molecular flexibility index (Phi) is 31.5. The molecule has 0 bridgehead atoms. The van der Waals surface area contributed by atoms with Crippen LogP contribution in [0.2, 0.25) is 0 Å². The Bertz CT molecular complexity index is 3690. The average molecular weight is 1830 g/mol. The molecule has 4 saturated carbocycles. The number of aliphatic hydroxyl groups excluding tert-OH is 23. The van der Waals surface area contributed by atoms with Crippen LogP contribution in [0.4, 0.5) is 0 Å². The van der Waals surface area contributed by atoms with Crippen LogP contribution < -0.4 is 0 Å². The number of allylic oxidation sites excluding steroid dienone is 1. The molecule has 24 N–H and O–H groups in total. The summed E-state index contributed by atoms with van der Waals surface area (Å²) in [6.07, 6.45) is -63.4. The van der Waals surface area contributed by atoms with Crippen LogP contribution >= 0.6 is 0 Å². The summed E-state index contributed by atoms with van der Waals surface area (Å²) in [7, 11) is 0. The van der Waals surface area contributed by atoms with Crippen molar-refractivity contribution in [3.63, 3.8) is 0 Å². The predicted octanol–water partition coefficient (Wildman–Crippen LogP) is -7.95. The van der Waals surface area contributed by atoms with Gasteiger partial charge in [-0.25, -0.2) is 0 Å². The van der Waals surface area contributed by atoms with E-state index in [1.54, 1.807) is 0 Å². The van der Waals surface area contributed by atoms with Gasteiger partial charge in [0.15, 0.2) is 56.2 Å². The molecule has 43 nitrogen and oxygen atoms in total. The van der Waals surface area contributed by atoms with E-state index < -0.39 is 354 Å². The average Bonchev–Trinajstić information content (AvgIpc) is 0.662. The highest BCUT2D eigenvalue weighted by Gasteiger charge is 2.76. The SMILES string of the molecule is C=CC(C)(O)CCCC(C)C(=O)OC1C(OC2OCC(OC3OC(CO)C(O)C(O)C3O)C(OC3OCC(O)C(OC4OC(CO)C(O)C(O)C4O)C3O)C2O)COC(OC(=O)C23CCC(C)(C)CC2C2=CCC4C5(C)CCC(OC6OC(CO)C(OC7OC(CO)C(O)C(OC8OCC(O)C(O)C8O)C7O)C(O)C6O)C(C)(C)C5CCC4(C)C2(C)C(O)C3O)C1O. The first-order chi connectivity index (χ1) is 59.6. The van der Waals surface area contributed by atoms with E-state index in [1.807, 2.05) is 34.6 Å². The van der Waals surface area contributed by atoms with Crippen LogP contribution in [0, 0.1) is 56.2 Å². The van der Waals surface area contributed by atoms with E-state index in [0.717, 1.165) is 5.57 Å². The van der Waals surface area contributed by atoms with E-state index in [2.05, 4.69) is 26.5 Å². The minimum atomic E-state index is -2.20. The molecule has 13 aliphatic rings. The summed E-state index contributed by atoms with van der Waals surface area (Å²) in [4.78, 5) is 30.5. The lowest BCUT2D eigenvalue weighted by Gasteiger charge is -2.72. The molecule has 8 heterocycles. The maximum atomic E-state index is 16.0. The van der Waals surface area contributed by atoms with Gasteiger partial charge < -0.3 is 203 Å². The predicted molar refractivity (Wildman–Crippen MR) is 420 cm³/mol. The molecule has 5 aliphatic carbocycles. The molecule has 48 unspecified atom stereocenters. The highest BCUT2D eigenvalue weighted by molar-refractivity contribution is 5.80. The van der Waals surface area contributed by atoms with E-state index in [0.29, 0.717) is 44.9 Å². The molecular weight excluding hydrogens is 1700 g/mol. The van der Waals surface area contributed by atoms with Gasteiger partial charge in [0, 0.05) is 5.41 Å². The summed E-state index contributed by atoms with van der Waals surface area (Å²) in [5.74, 6) is -4.15. The molecule has 730 valence electrons. The third-order valence-corrected chi connectivity index (χ3v) is 30.9. The summed E-state index contributed by atoms with van der Waals surface area (Å²) in [6.45, 7) is 14.9. The first-order valence-electron chi connectivity index (χ1n) is 44.2. The summed E-state index contributed by atoms with van der Waals surface area (Å²) < 4.78 is 102. The minimum absolute atomic E-state index is 0.0404. The fourth-order valence-corrected chi connectivity index (χ4v) is 22.8. The topological polar surface area (TPSA) is 677 Å². The van der Waals surface area contributed by atoms with Crippen molar-refractivity contribution >= 4 is 11.9 Å². The number of hydrogen-bond donors (Lipinski definition) is 24. The standard InChI is InChI=1S/C84H136O43/c1-11-80(7,110)18-12-13-32(2)68(108)122-63-41(119-70-59(104)64(42(31-113-70)120-73-54(99)50(95)47(92)37(24-85)115-73)124-71-57(102)61(36(90)29-112-71)123-75-55(100)51(96)48(93)38(25-86)116-75)30-114-72(58(63)103)127-77(109)84-22-21-78(3,4)23-34(84)33-14-15-44-81(8)19-17-45(79(5,6)43(81)16-20-82(44,9)83(33,10)66(106)67(84)107)121-74-56(101)52(97)62(40(27-88)118-74)125-76-60(105)65(49(94)39(26-87)117-76)126-69-53(98)46(91)35(89)28-111-69/h11,14,32,34-67,69-76,85-107,110H,1,12-13,15-31H2,2-10H3. The van der Waals surface area contributed by atoms with Crippen LogP contribution in [0.25, 0.3) is 0 Å². The maximum absolute atomic E-state index is 16.0. The number of rotatable bonds is 27. The van der Waals surface area contributed by atoms with E-state index in [-0.39, 0.29) is 37.5 Å². The largest absolute Gasteiger partial charge is 0.456 e. The van der Waals surface area contributed by atoms with E-state index in [9.17, 15) is 127 Å². The van der Waals surface area contributed by atoms with E-state index in [1.165, 1.54) is 19.9 Å². The molecular formula is C84H136O43. The summed E-state index contributed by atoms with van der Waals surface area (Å²) >= 11 is 0. The fraction of sp³-hybridized carbons (Fsp3) is 0.929. The smallest absolute Gasteiger partial charge is 0.317 e. The summed E-state index contributed by atoms with van der Waals surface area (Å²) in [6, 6.07) is 0. The monoisotopic (exact) mass is 1830 g/mol. The summed E-state index contributed by atoms with van der Waals surface area (Å²) in [5.41, 5.74) is -6.35. The number of fused-ring (bicyclic) bond motifs is 7. The van der Waals surface area contributed by atoms with Gasteiger partial charge in [0.2, 0.25) is 6.29 Å². The van der Waals surface area contributed by atoms with Crippen molar-refractivity contribution in [2.75, 3.05) is 52.9 Å². The number of ether oxygens (including phenoxy) is 17. The lowest BCUT2D eigenvalue weighted by atomic mass is 9.32. The number of esters is 2. The van der Waals surface area contributed by atoms with Crippen molar-refractivity contribution in [2.24, 2.45) is 56.2 Å². The van der Waals surface area contributed by atoms with Gasteiger partial charge in [-0.15, -0.1) is 6.58 Å². The van der Waals surface area contributed by atoms with E-state index in [4.69, 9.17) is 80.5 Å². The quantitative estimate of drug-likeness (QED) is 0.0206. The highest BCUT2D eigenvalue weighted by Crippen LogP contribution is 2.76. The zero-order valence-electron chi connectivity index (χ0n) is 72.6. The zero-order valence-corrected chi connectivity index (χ0v) is 72.6. The second kappa shape index (κ2) is 39.5. The van der Waals surface area contributed by atoms with Crippen LogP contribution in [-0.4, -0.2) is 432 Å². The lowest BCUT2D eigenvalue weighted by molar-refractivity contribution is -0.384. The molecule has 127 heavy (non-hydrogen) atoms. The molecule has 0 aromatic heterocycles. The van der Waals surface area contributed by atoms with Gasteiger partial charge in [-0.2, -0.15) is 0 Å². The number of aliphatic hydroxyl groups is 24. The number of hydrogen-bond acceptors (Lipinski definition) is 43. The van der Waals surface area contributed by atoms with Gasteiger partial charge in [-0.1, -0.05) is 73.1 Å². The van der Waals surface area contributed by atoms with Crippen LogP contribution in [-0.2, 0) is 90.1 Å². The number of carbonyl (C=O) groups is 2. The first kappa shape index (κ1) is 101. The molecule has 8 aliphatic heterocycles. The molecule has 12 fully saturated rings. The van der Waals surface area contributed by atoms with Gasteiger partial charge in [0.1, 0.15) is 164 Å². The van der Waals surface area contributed by atoms with Crippen molar-refractivity contribution in [3.8, 4) is 0 Å². The third kappa shape index (κ3) is 18.8. The zero-order chi connectivity index (χ0) is 92.9. The Morgan fingerprint density at radius 2 is 0.945 bits per heavy atom. The maximum Gasteiger partial charge on any atom is 0.317 e. The Balaban J connectivity index is 0.725. The molecule has 0 radical (unpaired) electrons. The molecule has 0 aromatic rings. The van der Waals surface area contributed by atoms with Crippen molar-refractivity contribution in [1.82, 2.24) is 0 Å². The Labute approximate surface area is 733 Å². The van der Waals surface area contributed by atoms with E-state index >= 15 is 4.79 Å². The highest BCUT2D eigenvalue weighted by atomic mass is 16.8. The third-order valence-electron chi connectivity index (χ3n) is 30.9. The molecule has 43 heteroatoms. The van der Waals surface area contributed by atoms with Gasteiger partial charge in [-0.05, 0) is 117 Å². The van der Waals surface area contributed by atoms with Crippen molar-refractivity contribution < 1.29 is 213 Å². The van der Waals surface area contributed by atoms with Crippen LogP contribution in [0.5, 0.6) is 0 Å². The first-order valence-corrected chi connectivity index (χ1v) is 44.2. The van der Waals surface area contributed by atoms with Gasteiger partial charge in [-0.3, -0.25) is 9.59 Å². The molecule has 0 amide bonds. The Hall–Kier alpha value is -3.14. The van der Waals surface area contributed by atoms with Crippen molar-refractivity contribution in [1.29, 1.82) is 0 Å². The normalized spacial score (nSPS) is 51.3. The minimum Gasteiger partial charge on any atom is -0.456 e. The van der Waals surface area contributed by atoms with Gasteiger partial charge >= 0.3 is 11.9 Å². The molecule has 0 spiro atoms. The second-order valence-electron chi connectivity index (χ2n) is 39.6. The second-order valence-corrected chi connectivity index (χ2v) is 39.6. The van der Waals surface area contributed by atoms with Crippen molar-refractivity contribution in [3.05, 3.63) is 24.3 Å². The molecule has 8 saturated heterocycles.